The van der Waals surface area contributed by atoms with E-state index in [-0.39, 0.29) is 6.03 Å². The summed E-state index contributed by atoms with van der Waals surface area (Å²) in [5.74, 6) is 0.614. The van der Waals surface area contributed by atoms with Gasteiger partial charge >= 0.3 is 6.03 Å². The lowest BCUT2D eigenvalue weighted by Gasteiger charge is -2.32. The third kappa shape index (κ3) is 7.04. The van der Waals surface area contributed by atoms with Crippen molar-refractivity contribution in [2.45, 2.75) is 32.6 Å². The summed E-state index contributed by atoms with van der Waals surface area (Å²) in [6.45, 7) is 4.68. The van der Waals surface area contributed by atoms with Crippen LogP contribution in [0.2, 0.25) is 0 Å². The van der Waals surface area contributed by atoms with E-state index < -0.39 is 10.0 Å². The number of rotatable bonds is 7. The highest BCUT2D eigenvalue weighted by atomic mass is 32.2. The van der Waals surface area contributed by atoms with Crippen LogP contribution >= 0.6 is 0 Å². The molecule has 0 aromatic heterocycles. The SMILES string of the molecule is CCNC(=O)N1CCC(Cc2ccc(CCNS(C)(=O)=O)cc2)CC1. The molecule has 1 saturated heterocycles. The Morgan fingerprint density at radius 2 is 1.76 bits per heavy atom. The van der Waals surface area contributed by atoms with Gasteiger partial charge in [0.15, 0.2) is 0 Å². The fourth-order valence-corrected chi connectivity index (χ4v) is 3.63. The molecule has 7 heteroatoms. The third-order valence-corrected chi connectivity index (χ3v) is 5.28. The number of carbonyl (C=O) groups excluding carboxylic acids is 1. The number of nitrogens with one attached hydrogen (secondary N) is 2. The molecule has 0 bridgehead atoms. The Morgan fingerprint density at radius 1 is 1.16 bits per heavy atom. The number of benzene rings is 1. The van der Waals surface area contributed by atoms with Gasteiger partial charge in [0.05, 0.1) is 6.26 Å². The van der Waals surface area contributed by atoms with Crippen LogP contribution in [0, 0.1) is 5.92 Å². The summed E-state index contributed by atoms with van der Waals surface area (Å²) in [6.07, 6.45) is 4.98. The van der Waals surface area contributed by atoms with Gasteiger partial charge in [-0.2, -0.15) is 0 Å². The van der Waals surface area contributed by atoms with E-state index >= 15 is 0 Å². The molecule has 0 spiro atoms. The maximum atomic E-state index is 11.8. The molecule has 0 aliphatic carbocycles. The van der Waals surface area contributed by atoms with E-state index in [1.54, 1.807) is 0 Å². The normalized spacial score (nSPS) is 16.0. The van der Waals surface area contributed by atoms with Gasteiger partial charge in [-0.3, -0.25) is 0 Å². The molecule has 1 fully saturated rings. The van der Waals surface area contributed by atoms with E-state index in [4.69, 9.17) is 0 Å². The van der Waals surface area contributed by atoms with Gasteiger partial charge in [-0.05, 0) is 49.7 Å². The summed E-state index contributed by atoms with van der Waals surface area (Å²) in [4.78, 5) is 13.7. The van der Waals surface area contributed by atoms with Crippen molar-refractivity contribution in [3.05, 3.63) is 35.4 Å². The average Bonchev–Trinajstić information content (AvgIpc) is 2.56. The van der Waals surface area contributed by atoms with E-state index in [1.807, 2.05) is 11.8 Å². The van der Waals surface area contributed by atoms with E-state index in [1.165, 1.54) is 11.8 Å². The van der Waals surface area contributed by atoms with Gasteiger partial charge in [0.1, 0.15) is 0 Å². The predicted molar refractivity (Wildman–Crippen MR) is 100 cm³/mol. The predicted octanol–water partition coefficient (Wildman–Crippen LogP) is 1.76. The topological polar surface area (TPSA) is 78.5 Å². The maximum absolute atomic E-state index is 11.8. The summed E-state index contributed by atoms with van der Waals surface area (Å²) in [5.41, 5.74) is 2.43. The van der Waals surface area contributed by atoms with Gasteiger partial charge in [0.2, 0.25) is 10.0 Å². The molecule has 0 saturated carbocycles. The molecular formula is C18H29N3O3S. The molecule has 6 nitrogen and oxygen atoms in total. The Hall–Kier alpha value is -1.60. The van der Waals surface area contributed by atoms with Crippen molar-refractivity contribution in [1.29, 1.82) is 0 Å². The van der Waals surface area contributed by atoms with Crippen molar-refractivity contribution >= 4 is 16.1 Å². The number of amides is 2. The van der Waals surface area contributed by atoms with Crippen molar-refractivity contribution < 1.29 is 13.2 Å². The van der Waals surface area contributed by atoms with Crippen LogP contribution in [0.25, 0.3) is 0 Å². The molecular weight excluding hydrogens is 338 g/mol. The van der Waals surface area contributed by atoms with Gasteiger partial charge in [-0.15, -0.1) is 0 Å². The van der Waals surface area contributed by atoms with Gasteiger partial charge in [0, 0.05) is 26.2 Å². The molecule has 140 valence electrons. The second-order valence-electron chi connectivity index (χ2n) is 6.70. The zero-order chi connectivity index (χ0) is 18.3. The Balaban J connectivity index is 1.75. The Labute approximate surface area is 151 Å². The molecule has 25 heavy (non-hydrogen) atoms. The molecule has 2 N–H and O–H groups in total. The molecule has 0 radical (unpaired) electrons. The molecule has 1 aliphatic heterocycles. The summed E-state index contributed by atoms with van der Waals surface area (Å²) in [6, 6.07) is 8.46. The van der Waals surface area contributed by atoms with E-state index in [2.05, 4.69) is 34.3 Å². The van der Waals surface area contributed by atoms with Crippen LogP contribution in [0.3, 0.4) is 0 Å². The first kappa shape index (κ1) is 19.7. The zero-order valence-electron chi connectivity index (χ0n) is 15.1. The van der Waals surface area contributed by atoms with Crippen LogP contribution in [0.1, 0.15) is 30.9 Å². The smallest absolute Gasteiger partial charge is 0.317 e. The molecule has 2 rings (SSSR count). The van der Waals surface area contributed by atoms with Crippen LogP contribution in [-0.2, 0) is 22.9 Å². The minimum Gasteiger partial charge on any atom is -0.338 e. The van der Waals surface area contributed by atoms with Crippen LogP contribution < -0.4 is 10.0 Å². The molecule has 1 aliphatic rings. The molecule has 0 unspecified atom stereocenters. The highest BCUT2D eigenvalue weighted by molar-refractivity contribution is 7.88. The van der Waals surface area contributed by atoms with E-state index in [9.17, 15) is 13.2 Å². The van der Waals surface area contributed by atoms with Gasteiger partial charge in [-0.1, -0.05) is 24.3 Å². The van der Waals surface area contributed by atoms with Crippen molar-refractivity contribution in [2.24, 2.45) is 5.92 Å². The number of hydrogen-bond donors (Lipinski definition) is 2. The second kappa shape index (κ2) is 9.20. The van der Waals surface area contributed by atoms with Crippen LogP contribution in [0.4, 0.5) is 4.79 Å². The molecule has 0 atom stereocenters. The fourth-order valence-electron chi connectivity index (χ4n) is 3.16. The summed E-state index contributed by atoms with van der Waals surface area (Å²) in [5, 5.41) is 2.86. The van der Waals surface area contributed by atoms with Crippen LogP contribution in [-0.4, -0.2) is 51.8 Å². The van der Waals surface area contributed by atoms with E-state index in [0.29, 0.717) is 25.4 Å². The standard InChI is InChI=1S/C18H29N3O3S/c1-3-19-18(22)21-12-9-17(10-13-21)14-16-6-4-15(5-7-16)8-11-20-25(2,23)24/h4-7,17,20H,3,8-14H2,1-2H3,(H,19,22). The largest absolute Gasteiger partial charge is 0.338 e. The minimum atomic E-state index is -3.12. The van der Waals surface area contributed by atoms with Crippen LogP contribution in [0.15, 0.2) is 24.3 Å². The second-order valence-corrected chi connectivity index (χ2v) is 8.54. The van der Waals surface area contributed by atoms with Crippen molar-refractivity contribution in [1.82, 2.24) is 14.9 Å². The highest BCUT2D eigenvalue weighted by Crippen LogP contribution is 2.22. The summed E-state index contributed by atoms with van der Waals surface area (Å²) in [7, 11) is -3.12. The molecule has 1 aromatic rings. The Kier molecular flexibility index (Phi) is 7.25. The highest BCUT2D eigenvalue weighted by Gasteiger charge is 2.22. The minimum absolute atomic E-state index is 0.0491. The fraction of sp³-hybridized carbons (Fsp3) is 0.611. The Morgan fingerprint density at radius 3 is 2.32 bits per heavy atom. The van der Waals surface area contributed by atoms with Crippen LogP contribution in [0.5, 0.6) is 0 Å². The first-order valence-electron chi connectivity index (χ1n) is 8.92. The van der Waals surface area contributed by atoms with Gasteiger partial charge < -0.3 is 10.2 Å². The monoisotopic (exact) mass is 367 g/mol. The first-order valence-corrected chi connectivity index (χ1v) is 10.8. The number of likely N-dealkylation sites (tertiary alicyclic amines) is 1. The third-order valence-electron chi connectivity index (χ3n) is 4.56. The number of nitrogens with zero attached hydrogens (tertiary/aromatic N) is 1. The van der Waals surface area contributed by atoms with Crippen molar-refractivity contribution in [2.75, 3.05) is 32.4 Å². The van der Waals surface area contributed by atoms with Crippen molar-refractivity contribution in [3.8, 4) is 0 Å². The zero-order valence-corrected chi connectivity index (χ0v) is 15.9. The number of piperidine rings is 1. The molecule has 1 heterocycles. The lowest BCUT2D eigenvalue weighted by molar-refractivity contribution is 0.171. The van der Waals surface area contributed by atoms with Crippen molar-refractivity contribution in [3.63, 3.8) is 0 Å². The Bertz CT molecular complexity index is 651. The lowest BCUT2D eigenvalue weighted by atomic mass is 9.90. The molecule has 2 amide bonds. The number of hydrogen-bond acceptors (Lipinski definition) is 3. The summed E-state index contributed by atoms with van der Waals surface area (Å²) >= 11 is 0. The van der Waals surface area contributed by atoms with Gasteiger partial charge in [0.25, 0.3) is 0 Å². The number of sulfonamides is 1. The quantitative estimate of drug-likeness (QED) is 0.771. The van der Waals surface area contributed by atoms with E-state index in [0.717, 1.165) is 37.9 Å². The average molecular weight is 368 g/mol. The number of carbonyl (C=O) groups is 1. The number of urea groups is 1. The summed E-state index contributed by atoms with van der Waals surface area (Å²) < 4.78 is 24.6. The maximum Gasteiger partial charge on any atom is 0.317 e. The molecule has 1 aromatic carbocycles. The lowest BCUT2D eigenvalue weighted by Crippen LogP contribution is -2.44. The first-order chi connectivity index (χ1) is 11.9. The van der Waals surface area contributed by atoms with Gasteiger partial charge in [-0.25, -0.2) is 17.9 Å².